The third-order valence-corrected chi connectivity index (χ3v) is 11.4. The predicted octanol–water partition coefficient (Wildman–Crippen LogP) is -1.18. The number of benzene rings is 1. The molecular weight excluding hydrogens is 787 g/mol. The lowest BCUT2D eigenvalue weighted by Crippen LogP contribution is -2.68. The van der Waals surface area contributed by atoms with E-state index < -0.39 is 81.1 Å². The van der Waals surface area contributed by atoms with Gasteiger partial charge < -0.3 is 51.6 Å². The molecule has 4 fully saturated rings. The fraction of sp³-hybridized carbons (Fsp3) is 0.393. The first-order valence-corrected chi connectivity index (χ1v) is 18.0. The number of hydrazine groups is 1. The highest BCUT2D eigenvalue weighted by atomic mass is 35.5. The minimum absolute atomic E-state index is 0.00788. The number of nitrogens with zero attached hydrogens (tertiary/aromatic N) is 5. The van der Waals surface area contributed by atoms with E-state index in [2.05, 4.69) is 31.5 Å². The highest BCUT2D eigenvalue weighted by Crippen LogP contribution is 2.43. The lowest BCUT2D eigenvalue weighted by atomic mass is 10.1. The van der Waals surface area contributed by atoms with E-state index in [-0.39, 0.29) is 71.3 Å². The van der Waals surface area contributed by atoms with Gasteiger partial charge in [0.2, 0.25) is 11.5 Å². The van der Waals surface area contributed by atoms with Gasteiger partial charge in [0.25, 0.3) is 11.8 Å². The van der Waals surface area contributed by atoms with Crippen LogP contribution < -0.4 is 27.1 Å². The number of anilines is 1. The van der Waals surface area contributed by atoms with E-state index >= 15 is 0 Å². The summed E-state index contributed by atoms with van der Waals surface area (Å²) in [6.07, 6.45) is 0.338. The summed E-state index contributed by atoms with van der Waals surface area (Å²) in [5.41, 5.74) is 5.60. The first-order valence-electron chi connectivity index (χ1n) is 15.5. The van der Waals surface area contributed by atoms with Crippen molar-refractivity contribution in [2.24, 2.45) is 5.16 Å². The number of thioether (sulfide) groups is 1. The van der Waals surface area contributed by atoms with Crippen molar-refractivity contribution in [3.8, 4) is 11.5 Å². The third kappa shape index (κ3) is 7.36. The van der Waals surface area contributed by atoms with Gasteiger partial charge in [-0.1, -0.05) is 39.7 Å². The van der Waals surface area contributed by atoms with Crippen LogP contribution in [-0.4, -0.2) is 137 Å². The van der Waals surface area contributed by atoms with E-state index in [4.69, 9.17) is 33.8 Å². The molecule has 282 valence electrons. The second-order valence-corrected chi connectivity index (χ2v) is 15.1. The van der Waals surface area contributed by atoms with Crippen molar-refractivity contribution in [3.63, 3.8) is 0 Å². The zero-order chi connectivity index (χ0) is 38.4. The van der Waals surface area contributed by atoms with Crippen LogP contribution in [0.2, 0.25) is 9.36 Å². The van der Waals surface area contributed by atoms with Crippen molar-refractivity contribution < 1.29 is 53.7 Å². The van der Waals surface area contributed by atoms with Crippen molar-refractivity contribution >= 4 is 98.7 Å². The number of halogens is 2. The van der Waals surface area contributed by atoms with E-state index in [0.29, 0.717) is 0 Å². The number of carbonyl (C=O) groups is 7. The molecule has 6 rings (SSSR count). The van der Waals surface area contributed by atoms with Crippen molar-refractivity contribution in [1.29, 1.82) is 0 Å². The Labute approximate surface area is 315 Å². The second kappa shape index (κ2) is 14.6. The quantitative estimate of drug-likeness (QED) is 0.0313. The molecule has 1 aliphatic carbocycles. The molecule has 1 aromatic heterocycles. The number of oxime groups is 1. The summed E-state index contributed by atoms with van der Waals surface area (Å²) in [7, 11) is 0. The van der Waals surface area contributed by atoms with E-state index in [0.717, 1.165) is 22.4 Å². The van der Waals surface area contributed by atoms with Crippen molar-refractivity contribution in [2.45, 2.75) is 35.2 Å². The molecule has 3 saturated heterocycles. The maximum Gasteiger partial charge on any atom is 0.350 e. The molecular formula is C28H28Cl2N10O11S2. The van der Waals surface area contributed by atoms with Gasteiger partial charge in [-0.15, -0.1) is 11.8 Å². The Morgan fingerprint density at radius 3 is 2.42 bits per heavy atom. The average Bonchev–Trinajstić information content (AvgIpc) is 3.54. The summed E-state index contributed by atoms with van der Waals surface area (Å²) in [5, 5.41) is 39.0. The lowest BCUT2D eigenvalue weighted by Gasteiger charge is -2.41. The number of phenols is 2. The molecule has 0 unspecified atom stereocenters. The number of fused-ring (bicyclic) bond motifs is 1. The molecule has 4 aliphatic rings. The number of nitrogen functional groups attached to an aromatic ring is 1. The van der Waals surface area contributed by atoms with Gasteiger partial charge in [-0.05, 0) is 12.1 Å². The standard InChI is InChI=1S/C28H28Cl2N10O11S2/c29-13-10(1-2-11(41)17(13)42)19(43)32-5-6-33-21(45)22(46)36-40-8-7-38(27(40)50)12-9-39-23(47)16(24(39)52-12)34-20(44)15(14-18(30)53-26(31)35-14)37-51-28(3-4-28)25(48)49/h1-2,12,16,24,41-42H,3-9H2,(H2,31,35)(H,32,43)(H,33,45)(H,34,44)(H,36,46)(H,48,49)/b37-15-/t12-,16-,24-/m1/s1. The number of aliphatic carboxylic acids is 1. The fourth-order valence-corrected chi connectivity index (χ4v) is 8.12. The number of aromatic hydroxyl groups is 2. The van der Waals surface area contributed by atoms with Crippen LogP contribution in [0.15, 0.2) is 17.3 Å². The summed E-state index contributed by atoms with van der Waals surface area (Å²) in [4.78, 5) is 100. The minimum Gasteiger partial charge on any atom is -0.504 e. The number of thiazole rings is 1. The maximum absolute atomic E-state index is 13.4. The number of carboxylic acids is 1. The molecule has 1 saturated carbocycles. The largest absolute Gasteiger partial charge is 0.504 e. The molecule has 0 bridgehead atoms. The zero-order valence-corrected chi connectivity index (χ0v) is 30.0. The number of carboxylic acid groups (broad SMARTS) is 1. The molecule has 3 aliphatic heterocycles. The molecule has 21 nitrogen and oxygen atoms in total. The van der Waals surface area contributed by atoms with Gasteiger partial charge in [0.1, 0.15) is 21.4 Å². The van der Waals surface area contributed by atoms with Gasteiger partial charge in [-0.3, -0.25) is 29.4 Å². The third-order valence-electron chi connectivity index (χ3n) is 8.39. The lowest BCUT2D eigenvalue weighted by molar-refractivity contribution is -0.153. The summed E-state index contributed by atoms with van der Waals surface area (Å²) < 4.78 is -0.0116. The van der Waals surface area contributed by atoms with Crippen LogP contribution in [-0.2, 0) is 28.8 Å². The molecule has 0 radical (unpaired) electrons. The average molecular weight is 816 g/mol. The van der Waals surface area contributed by atoms with E-state index in [1.165, 1.54) is 27.6 Å². The second-order valence-electron chi connectivity index (χ2n) is 11.8. The first kappa shape index (κ1) is 37.5. The number of carbonyl (C=O) groups excluding carboxylic acids is 6. The molecule has 4 heterocycles. The van der Waals surface area contributed by atoms with Crippen molar-refractivity contribution in [1.82, 2.24) is 41.2 Å². The molecule has 1 aromatic carbocycles. The highest BCUT2D eigenvalue weighted by molar-refractivity contribution is 8.00. The van der Waals surface area contributed by atoms with Gasteiger partial charge >= 0.3 is 23.8 Å². The highest BCUT2D eigenvalue weighted by Gasteiger charge is 2.57. The number of hydrogen-bond acceptors (Lipinski definition) is 15. The van der Waals surface area contributed by atoms with Crippen LogP contribution in [0.25, 0.3) is 0 Å². The summed E-state index contributed by atoms with van der Waals surface area (Å²) in [5.74, 6) is -6.79. The van der Waals surface area contributed by atoms with Crippen LogP contribution in [0.5, 0.6) is 11.5 Å². The van der Waals surface area contributed by atoms with E-state index in [1.54, 1.807) is 0 Å². The molecule has 0 spiro atoms. The van der Waals surface area contributed by atoms with Crippen LogP contribution in [0, 0.1) is 0 Å². The number of β-lactam (4-membered cyclic amide) rings is 1. The van der Waals surface area contributed by atoms with Crippen LogP contribution in [0.3, 0.4) is 0 Å². The van der Waals surface area contributed by atoms with E-state index in [9.17, 15) is 48.9 Å². The Balaban J connectivity index is 0.985. The maximum atomic E-state index is 13.4. The van der Waals surface area contributed by atoms with Crippen molar-refractivity contribution in [2.75, 3.05) is 38.5 Å². The van der Waals surface area contributed by atoms with Gasteiger partial charge in [0.05, 0.1) is 29.0 Å². The predicted molar refractivity (Wildman–Crippen MR) is 185 cm³/mol. The fourth-order valence-electron chi connectivity index (χ4n) is 5.36. The Morgan fingerprint density at radius 1 is 1.04 bits per heavy atom. The Hall–Kier alpha value is -5.26. The number of urea groups is 1. The van der Waals surface area contributed by atoms with Gasteiger partial charge in [0, 0.05) is 32.5 Å². The summed E-state index contributed by atoms with van der Waals surface area (Å²) in [6, 6.07) is 0.562. The number of rotatable bonds is 12. The molecule has 2 aromatic rings. The Kier molecular flexibility index (Phi) is 10.4. The number of aromatic nitrogens is 1. The minimum atomic E-state index is -1.59. The molecule has 53 heavy (non-hydrogen) atoms. The topological polar surface area (TPSA) is 299 Å². The number of hydrogen-bond donors (Lipinski definition) is 8. The van der Waals surface area contributed by atoms with E-state index in [1.807, 2.05) is 0 Å². The molecule has 3 atom stereocenters. The zero-order valence-electron chi connectivity index (χ0n) is 26.8. The molecule has 9 N–H and O–H groups in total. The number of nitrogens with one attached hydrogen (secondary N) is 4. The van der Waals surface area contributed by atoms with Crippen LogP contribution in [0.1, 0.15) is 28.9 Å². The number of amides is 7. The molecule has 7 amide bonds. The monoisotopic (exact) mass is 814 g/mol. The number of nitrogens with two attached hydrogens (primary N) is 1. The number of phenolic OH excluding ortho intramolecular Hbond substituents is 2. The SMILES string of the molecule is Nc1nc(/C(=N/OC2(C(=O)O)CC2)C(=O)N[C@@H]2C(=O)N3C[C@H](N4CCN(NC(=O)C(=O)NCCNC(=O)c5ccc(O)c(O)c5Cl)C4=O)S[C@H]23)c(Cl)s1. The first-order chi connectivity index (χ1) is 25.1. The van der Waals surface area contributed by atoms with Crippen molar-refractivity contribution in [3.05, 3.63) is 32.7 Å². The normalized spacial score (nSPS) is 21.4. The van der Waals surface area contributed by atoms with Gasteiger partial charge in [-0.25, -0.2) is 19.6 Å². The Morgan fingerprint density at radius 2 is 1.75 bits per heavy atom. The van der Waals surface area contributed by atoms with Gasteiger partial charge in [-0.2, -0.15) is 0 Å². The smallest absolute Gasteiger partial charge is 0.350 e. The summed E-state index contributed by atoms with van der Waals surface area (Å²) in [6.45, 7) is -0.0673. The molecule has 25 heteroatoms. The van der Waals surface area contributed by atoms with Crippen LogP contribution in [0.4, 0.5) is 9.93 Å². The summed E-state index contributed by atoms with van der Waals surface area (Å²) >= 11 is 14.1. The van der Waals surface area contributed by atoms with Crippen LogP contribution >= 0.6 is 46.3 Å². The van der Waals surface area contributed by atoms with Gasteiger partial charge in [0.15, 0.2) is 22.3 Å². The Bertz CT molecular complexity index is 1960.